The van der Waals surface area contributed by atoms with Gasteiger partial charge in [0.1, 0.15) is 24.0 Å². The van der Waals surface area contributed by atoms with Gasteiger partial charge in [0.15, 0.2) is 17.7 Å². The van der Waals surface area contributed by atoms with Crippen molar-refractivity contribution in [2.75, 3.05) is 52.5 Å². The van der Waals surface area contributed by atoms with Crippen LogP contribution in [0, 0.1) is 11.1 Å². The maximum Gasteiger partial charge on any atom is 0.323 e. The van der Waals surface area contributed by atoms with Crippen molar-refractivity contribution in [3.05, 3.63) is 59.6 Å². The maximum absolute atomic E-state index is 13.4. The van der Waals surface area contributed by atoms with Crippen molar-refractivity contribution in [3.63, 3.8) is 0 Å². The number of ketones is 1. The highest BCUT2D eigenvalue weighted by Crippen LogP contribution is 2.25. The molecule has 3 aromatic rings. The molecule has 0 bridgehead atoms. The van der Waals surface area contributed by atoms with E-state index in [4.69, 9.17) is 13.9 Å². The SMILES string of the molecule is CC(C)C[C@H](NC(=O)c1cc2cc(OCCN3CCOCC3)ccc2o1)C(=O)NC1CCCN(S(=O)(=O)c2cccc[n+]2[O-])CC1=O. The van der Waals surface area contributed by atoms with E-state index in [2.05, 4.69) is 15.5 Å². The minimum Gasteiger partial charge on any atom is -0.618 e. The second kappa shape index (κ2) is 15.2. The van der Waals surface area contributed by atoms with E-state index in [9.17, 15) is 28.0 Å². The normalized spacial score (nSPS) is 19.0. The Morgan fingerprint density at radius 2 is 1.91 bits per heavy atom. The Labute approximate surface area is 273 Å². The summed E-state index contributed by atoms with van der Waals surface area (Å²) >= 11 is 0. The Morgan fingerprint density at radius 1 is 1.13 bits per heavy atom. The number of ether oxygens (including phenoxy) is 2. The third-order valence-electron chi connectivity index (χ3n) is 8.15. The molecular weight excluding hydrogens is 630 g/mol. The van der Waals surface area contributed by atoms with E-state index in [1.807, 2.05) is 13.8 Å². The lowest BCUT2D eigenvalue weighted by Crippen LogP contribution is -2.52. The largest absolute Gasteiger partial charge is 0.618 e. The first-order valence-electron chi connectivity index (χ1n) is 15.8. The van der Waals surface area contributed by atoms with Crippen molar-refractivity contribution in [3.8, 4) is 5.75 Å². The van der Waals surface area contributed by atoms with Crippen molar-refractivity contribution in [1.29, 1.82) is 0 Å². The first-order valence-corrected chi connectivity index (χ1v) is 17.2. The van der Waals surface area contributed by atoms with Gasteiger partial charge < -0.3 is 29.7 Å². The zero-order valence-electron chi connectivity index (χ0n) is 26.6. The molecule has 1 aromatic carbocycles. The summed E-state index contributed by atoms with van der Waals surface area (Å²) in [6.45, 7) is 7.78. The topological polar surface area (TPSA) is 174 Å². The minimum absolute atomic E-state index is 0.00811. The molecular formula is C32H41N5O9S. The average molecular weight is 672 g/mol. The van der Waals surface area contributed by atoms with Gasteiger partial charge in [-0.1, -0.05) is 13.8 Å². The molecule has 47 heavy (non-hydrogen) atoms. The molecule has 15 heteroatoms. The molecule has 2 atom stereocenters. The Bertz CT molecular complexity index is 1690. The van der Waals surface area contributed by atoms with Gasteiger partial charge >= 0.3 is 15.0 Å². The van der Waals surface area contributed by atoms with Crippen LogP contribution in [-0.2, 0) is 24.3 Å². The third kappa shape index (κ3) is 8.66. The number of morpholine rings is 1. The number of Topliss-reactive ketones (excluding diaryl/α,β-unsaturated/α-hetero) is 1. The van der Waals surface area contributed by atoms with Gasteiger partial charge in [-0.3, -0.25) is 19.3 Å². The highest BCUT2D eigenvalue weighted by atomic mass is 32.2. The number of hydrogen-bond donors (Lipinski definition) is 2. The number of nitrogens with zero attached hydrogens (tertiary/aromatic N) is 3. The lowest BCUT2D eigenvalue weighted by atomic mass is 10.0. The van der Waals surface area contributed by atoms with Crippen LogP contribution in [0.25, 0.3) is 11.0 Å². The van der Waals surface area contributed by atoms with Crippen LogP contribution in [0.15, 0.2) is 58.1 Å². The molecule has 4 heterocycles. The molecule has 5 rings (SSSR count). The zero-order valence-corrected chi connectivity index (χ0v) is 27.4. The van der Waals surface area contributed by atoms with E-state index >= 15 is 0 Å². The van der Waals surface area contributed by atoms with E-state index < -0.39 is 51.3 Å². The van der Waals surface area contributed by atoms with Gasteiger partial charge in [0, 0.05) is 43.7 Å². The fourth-order valence-corrected chi connectivity index (χ4v) is 7.11. The zero-order chi connectivity index (χ0) is 33.6. The van der Waals surface area contributed by atoms with Gasteiger partial charge in [0.2, 0.25) is 5.91 Å². The standard InChI is InChI=1S/C32H41N5O9S/c1-22(2)18-26(31(39)33-25-6-5-10-36(21-27(25)38)47(42,43)30-7-3-4-11-37(30)41)34-32(40)29-20-23-19-24(8-9-28(23)46-29)45-17-14-35-12-15-44-16-13-35/h3-4,7-9,11,19-20,22,25-26H,5-6,10,12-18,21H2,1-2H3,(H,33,39)(H,34,40)/t25?,26-/m0/s1. The number of rotatable bonds is 12. The fraction of sp³-hybridized carbons (Fsp3) is 0.500. The summed E-state index contributed by atoms with van der Waals surface area (Å²) in [5.41, 5.74) is 0.488. The predicted octanol–water partition coefficient (Wildman–Crippen LogP) is 1.46. The van der Waals surface area contributed by atoms with Crippen LogP contribution in [0.4, 0.5) is 0 Å². The summed E-state index contributed by atoms with van der Waals surface area (Å²) < 4.78 is 44.5. The van der Waals surface area contributed by atoms with Crippen LogP contribution >= 0.6 is 0 Å². The first kappa shape index (κ1) is 34.3. The number of benzene rings is 1. The summed E-state index contributed by atoms with van der Waals surface area (Å²) in [4.78, 5) is 42.1. The van der Waals surface area contributed by atoms with Crippen molar-refractivity contribution in [1.82, 2.24) is 19.8 Å². The number of fused-ring (bicyclic) bond motifs is 1. The number of sulfonamides is 1. The van der Waals surface area contributed by atoms with E-state index in [1.54, 1.807) is 24.3 Å². The Hall–Kier alpha value is -4.05. The molecule has 0 spiro atoms. The lowest BCUT2D eigenvalue weighted by molar-refractivity contribution is -0.646. The van der Waals surface area contributed by atoms with Gasteiger partial charge in [0.05, 0.1) is 25.8 Å². The molecule has 2 aromatic heterocycles. The van der Waals surface area contributed by atoms with E-state index in [0.29, 0.717) is 23.3 Å². The van der Waals surface area contributed by atoms with Gasteiger partial charge in [-0.15, -0.1) is 0 Å². The highest BCUT2D eigenvalue weighted by molar-refractivity contribution is 7.89. The van der Waals surface area contributed by atoms with Crippen LogP contribution in [0.1, 0.15) is 43.7 Å². The van der Waals surface area contributed by atoms with Crippen LogP contribution in [-0.4, -0.2) is 99.8 Å². The van der Waals surface area contributed by atoms with Gasteiger partial charge in [0.25, 0.3) is 5.91 Å². The fourth-order valence-electron chi connectivity index (χ4n) is 5.64. The molecule has 14 nitrogen and oxygen atoms in total. The molecule has 2 amide bonds. The van der Waals surface area contributed by atoms with Crippen LogP contribution < -0.4 is 20.1 Å². The summed E-state index contributed by atoms with van der Waals surface area (Å²) in [6.07, 6.45) is 1.84. The van der Waals surface area contributed by atoms with E-state index in [-0.39, 0.29) is 42.2 Å². The first-order chi connectivity index (χ1) is 22.5. The second-order valence-corrected chi connectivity index (χ2v) is 14.0. The number of amides is 2. The number of hydrogen-bond acceptors (Lipinski definition) is 10. The van der Waals surface area contributed by atoms with Crippen molar-refractivity contribution < 1.29 is 41.4 Å². The molecule has 2 fully saturated rings. The van der Waals surface area contributed by atoms with E-state index in [1.165, 1.54) is 18.2 Å². The van der Waals surface area contributed by atoms with Gasteiger partial charge in [-0.2, -0.15) is 9.04 Å². The summed E-state index contributed by atoms with van der Waals surface area (Å²) in [5, 5.41) is 17.8. The molecule has 2 aliphatic rings. The van der Waals surface area contributed by atoms with Crippen molar-refractivity contribution in [2.24, 2.45) is 5.92 Å². The van der Waals surface area contributed by atoms with Gasteiger partial charge in [-0.05, 0) is 55.5 Å². The summed E-state index contributed by atoms with van der Waals surface area (Å²) in [6, 6.07) is 8.96. The lowest BCUT2D eigenvalue weighted by Gasteiger charge is -2.26. The van der Waals surface area contributed by atoms with Crippen molar-refractivity contribution >= 4 is 38.6 Å². The molecule has 0 radical (unpaired) electrons. The van der Waals surface area contributed by atoms with E-state index in [0.717, 1.165) is 43.4 Å². The summed E-state index contributed by atoms with van der Waals surface area (Å²) in [5.74, 6) is -0.970. The molecule has 0 aliphatic carbocycles. The molecule has 2 aliphatic heterocycles. The quantitative estimate of drug-likeness (QED) is 0.212. The number of nitrogens with one attached hydrogen (secondary N) is 2. The van der Waals surface area contributed by atoms with Crippen molar-refractivity contribution in [2.45, 2.75) is 50.2 Å². The third-order valence-corrected chi connectivity index (χ3v) is 9.99. The smallest absolute Gasteiger partial charge is 0.323 e. The minimum atomic E-state index is -4.23. The number of furan rings is 1. The van der Waals surface area contributed by atoms with Gasteiger partial charge in [-0.25, -0.2) is 8.42 Å². The molecule has 254 valence electrons. The molecule has 2 N–H and O–H groups in total. The maximum atomic E-state index is 13.4. The van der Waals surface area contributed by atoms with Crippen LogP contribution in [0.2, 0.25) is 0 Å². The number of pyridine rings is 1. The Morgan fingerprint density at radius 3 is 2.66 bits per heavy atom. The summed E-state index contributed by atoms with van der Waals surface area (Å²) in [7, 11) is -4.23. The Kier molecular flexibility index (Phi) is 11.1. The molecule has 2 saturated heterocycles. The second-order valence-electron chi connectivity index (χ2n) is 12.1. The highest BCUT2D eigenvalue weighted by Gasteiger charge is 2.37. The average Bonchev–Trinajstić information content (AvgIpc) is 3.38. The number of aromatic nitrogens is 1. The molecule has 1 unspecified atom stereocenters. The number of carbonyl (C=O) groups is 3. The van der Waals surface area contributed by atoms with Crippen LogP contribution in [0.3, 0.4) is 0 Å². The van der Waals surface area contributed by atoms with Crippen LogP contribution in [0.5, 0.6) is 5.75 Å². The molecule has 0 saturated carbocycles. The Balaban J connectivity index is 1.20. The number of carbonyl (C=O) groups excluding carboxylic acids is 3. The predicted molar refractivity (Wildman–Crippen MR) is 170 cm³/mol. The monoisotopic (exact) mass is 671 g/mol.